The Hall–Kier alpha value is -1.72. The number of aliphatic hydroxyl groups is 2. The van der Waals surface area contributed by atoms with E-state index in [0.717, 1.165) is 11.1 Å². The number of aliphatic hydroxyl groups excluding tert-OH is 2. The third-order valence-electron chi connectivity index (χ3n) is 3.61. The molecule has 0 unspecified atom stereocenters. The van der Waals surface area contributed by atoms with Crippen LogP contribution in [0.1, 0.15) is 22.8 Å². The lowest BCUT2D eigenvalue weighted by atomic mass is 10.0. The van der Waals surface area contributed by atoms with Crippen molar-refractivity contribution in [3.8, 4) is 0 Å². The summed E-state index contributed by atoms with van der Waals surface area (Å²) >= 11 is 0. The summed E-state index contributed by atoms with van der Waals surface area (Å²) in [7, 11) is 0. The summed E-state index contributed by atoms with van der Waals surface area (Å²) in [6.07, 6.45) is -0.817. The zero-order chi connectivity index (χ0) is 16.5. The van der Waals surface area contributed by atoms with Gasteiger partial charge in [-0.15, -0.1) is 0 Å². The zero-order valence-electron chi connectivity index (χ0n) is 13.5. The standard InChI is InChI=1S/C19H25NO3/c1-15-7-9-17(10-8-15)19(16-5-3-2-4-6-16)23-14-18(22)13-20-11-12-21/h2-10,18-22H,11-14H2,1H3/t18-,19-/m1/s1. The summed E-state index contributed by atoms with van der Waals surface area (Å²) in [5, 5.41) is 21.7. The Morgan fingerprint density at radius 2 is 1.65 bits per heavy atom. The largest absolute Gasteiger partial charge is 0.395 e. The molecule has 2 rings (SSSR count). The van der Waals surface area contributed by atoms with Crippen molar-refractivity contribution >= 4 is 0 Å². The lowest BCUT2D eigenvalue weighted by Crippen LogP contribution is -2.32. The molecule has 0 bridgehead atoms. The highest BCUT2D eigenvalue weighted by molar-refractivity contribution is 5.31. The molecule has 3 N–H and O–H groups in total. The monoisotopic (exact) mass is 315 g/mol. The van der Waals surface area contributed by atoms with E-state index in [4.69, 9.17) is 9.84 Å². The van der Waals surface area contributed by atoms with Gasteiger partial charge in [-0.1, -0.05) is 60.2 Å². The van der Waals surface area contributed by atoms with E-state index in [1.165, 1.54) is 5.56 Å². The highest BCUT2D eigenvalue weighted by atomic mass is 16.5. The Bertz CT molecular complexity index is 557. The fraction of sp³-hybridized carbons (Fsp3) is 0.368. The van der Waals surface area contributed by atoms with E-state index in [-0.39, 0.29) is 19.3 Å². The first-order chi connectivity index (χ1) is 11.2. The highest BCUT2D eigenvalue weighted by Crippen LogP contribution is 2.26. The molecule has 2 aromatic rings. The molecule has 0 fully saturated rings. The molecule has 0 spiro atoms. The van der Waals surface area contributed by atoms with Gasteiger partial charge < -0.3 is 20.3 Å². The van der Waals surface area contributed by atoms with Crippen LogP contribution in [-0.4, -0.2) is 42.6 Å². The molecule has 0 aromatic heterocycles. The topological polar surface area (TPSA) is 61.7 Å². The minimum atomic E-state index is -0.613. The molecule has 0 saturated heterocycles. The number of benzene rings is 2. The van der Waals surface area contributed by atoms with Gasteiger partial charge >= 0.3 is 0 Å². The molecule has 0 aliphatic carbocycles. The predicted octanol–water partition coefficient (Wildman–Crippen LogP) is 2.04. The van der Waals surface area contributed by atoms with E-state index in [0.29, 0.717) is 13.1 Å². The van der Waals surface area contributed by atoms with Gasteiger partial charge in [-0.05, 0) is 18.1 Å². The summed E-state index contributed by atoms with van der Waals surface area (Å²) in [5.74, 6) is 0. The minimum Gasteiger partial charge on any atom is -0.395 e. The van der Waals surface area contributed by atoms with Crippen LogP contribution >= 0.6 is 0 Å². The number of rotatable bonds is 9. The Kier molecular flexibility index (Phi) is 7.23. The van der Waals surface area contributed by atoms with Crippen LogP contribution in [0, 0.1) is 6.92 Å². The molecular weight excluding hydrogens is 290 g/mol. The summed E-state index contributed by atoms with van der Waals surface area (Å²) in [6.45, 7) is 3.21. The van der Waals surface area contributed by atoms with Gasteiger partial charge in [0.2, 0.25) is 0 Å². The van der Waals surface area contributed by atoms with Gasteiger partial charge in [-0.25, -0.2) is 0 Å². The lowest BCUT2D eigenvalue weighted by molar-refractivity contribution is 0.00636. The van der Waals surface area contributed by atoms with Crippen molar-refractivity contribution in [2.24, 2.45) is 0 Å². The predicted molar refractivity (Wildman–Crippen MR) is 91.4 cm³/mol. The van der Waals surface area contributed by atoms with Gasteiger partial charge in [0.25, 0.3) is 0 Å². The maximum atomic E-state index is 9.99. The normalized spacial score (nSPS) is 13.7. The van der Waals surface area contributed by atoms with E-state index in [2.05, 4.69) is 36.5 Å². The third-order valence-corrected chi connectivity index (χ3v) is 3.61. The van der Waals surface area contributed by atoms with Gasteiger partial charge in [-0.2, -0.15) is 0 Å². The molecule has 2 atom stereocenters. The second-order valence-corrected chi connectivity index (χ2v) is 5.62. The second kappa shape index (κ2) is 9.43. The molecule has 4 heteroatoms. The third kappa shape index (κ3) is 5.77. The number of hydrogen-bond acceptors (Lipinski definition) is 4. The van der Waals surface area contributed by atoms with E-state index < -0.39 is 6.10 Å². The first kappa shape index (κ1) is 17.6. The SMILES string of the molecule is Cc1ccc([C@H](OC[C@H](O)CNCCO)c2ccccc2)cc1. The highest BCUT2D eigenvalue weighted by Gasteiger charge is 2.16. The Morgan fingerprint density at radius 1 is 1.00 bits per heavy atom. The number of ether oxygens (including phenoxy) is 1. The molecular formula is C19H25NO3. The molecule has 23 heavy (non-hydrogen) atoms. The van der Waals surface area contributed by atoms with Crippen molar-refractivity contribution in [2.75, 3.05) is 26.3 Å². The fourth-order valence-electron chi connectivity index (χ4n) is 2.37. The Labute approximate surface area is 137 Å². The fourth-order valence-corrected chi connectivity index (χ4v) is 2.37. The van der Waals surface area contributed by atoms with Crippen LogP contribution in [0.5, 0.6) is 0 Å². The van der Waals surface area contributed by atoms with Gasteiger partial charge in [0.05, 0.1) is 19.3 Å². The van der Waals surface area contributed by atoms with Crippen LogP contribution in [0.3, 0.4) is 0 Å². The first-order valence-electron chi connectivity index (χ1n) is 7.93. The maximum absolute atomic E-state index is 9.99. The molecule has 0 heterocycles. The first-order valence-corrected chi connectivity index (χ1v) is 7.93. The number of nitrogens with one attached hydrogen (secondary N) is 1. The van der Waals surface area contributed by atoms with Crippen molar-refractivity contribution in [2.45, 2.75) is 19.1 Å². The van der Waals surface area contributed by atoms with Gasteiger partial charge in [-0.3, -0.25) is 0 Å². The lowest BCUT2D eigenvalue weighted by Gasteiger charge is -2.21. The molecule has 0 amide bonds. The van der Waals surface area contributed by atoms with E-state index in [9.17, 15) is 5.11 Å². The van der Waals surface area contributed by atoms with Crippen LogP contribution in [0.15, 0.2) is 54.6 Å². The van der Waals surface area contributed by atoms with Crippen LogP contribution in [-0.2, 0) is 4.74 Å². The van der Waals surface area contributed by atoms with Crippen molar-refractivity contribution in [3.63, 3.8) is 0 Å². The Morgan fingerprint density at radius 3 is 2.30 bits per heavy atom. The summed E-state index contributed by atoms with van der Waals surface area (Å²) in [5.41, 5.74) is 3.33. The summed E-state index contributed by atoms with van der Waals surface area (Å²) < 4.78 is 5.99. The molecule has 0 aliphatic heterocycles. The van der Waals surface area contributed by atoms with Crippen LogP contribution in [0.4, 0.5) is 0 Å². The van der Waals surface area contributed by atoms with Crippen LogP contribution in [0.25, 0.3) is 0 Å². The van der Waals surface area contributed by atoms with Crippen molar-refractivity contribution in [1.82, 2.24) is 5.32 Å². The zero-order valence-corrected chi connectivity index (χ0v) is 13.5. The average Bonchev–Trinajstić information content (AvgIpc) is 2.58. The number of hydrogen-bond donors (Lipinski definition) is 3. The average molecular weight is 315 g/mol. The minimum absolute atomic E-state index is 0.0591. The molecule has 0 radical (unpaired) electrons. The smallest absolute Gasteiger partial charge is 0.108 e. The quantitative estimate of drug-likeness (QED) is 0.620. The van der Waals surface area contributed by atoms with Crippen molar-refractivity contribution < 1.29 is 14.9 Å². The summed E-state index contributed by atoms with van der Waals surface area (Å²) in [6, 6.07) is 18.2. The molecule has 0 saturated carbocycles. The van der Waals surface area contributed by atoms with E-state index >= 15 is 0 Å². The second-order valence-electron chi connectivity index (χ2n) is 5.62. The van der Waals surface area contributed by atoms with Crippen molar-refractivity contribution in [3.05, 3.63) is 71.3 Å². The van der Waals surface area contributed by atoms with Crippen LogP contribution < -0.4 is 5.32 Å². The number of aryl methyl sites for hydroxylation is 1. The molecule has 4 nitrogen and oxygen atoms in total. The molecule has 2 aromatic carbocycles. The van der Waals surface area contributed by atoms with Gasteiger partial charge in [0.15, 0.2) is 0 Å². The van der Waals surface area contributed by atoms with Crippen molar-refractivity contribution in [1.29, 1.82) is 0 Å². The Balaban J connectivity index is 2.04. The molecule has 0 aliphatic rings. The van der Waals surface area contributed by atoms with Gasteiger partial charge in [0.1, 0.15) is 6.10 Å². The maximum Gasteiger partial charge on any atom is 0.108 e. The van der Waals surface area contributed by atoms with Gasteiger partial charge in [0, 0.05) is 13.1 Å². The van der Waals surface area contributed by atoms with Crippen LogP contribution in [0.2, 0.25) is 0 Å². The van der Waals surface area contributed by atoms with E-state index in [1.54, 1.807) is 0 Å². The molecule has 124 valence electrons. The van der Waals surface area contributed by atoms with E-state index in [1.807, 2.05) is 30.3 Å². The summed E-state index contributed by atoms with van der Waals surface area (Å²) in [4.78, 5) is 0.